The van der Waals surface area contributed by atoms with Gasteiger partial charge in [-0.3, -0.25) is 19.5 Å². The molecule has 0 aliphatic heterocycles. The fourth-order valence-corrected chi connectivity index (χ4v) is 7.90. The molecule has 74 heavy (non-hydrogen) atoms. The van der Waals surface area contributed by atoms with Gasteiger partial charge in [0.05, 0.1) is 58.3 Å². The number of methoxy groups -OCH3 is 2. The van der Waals surface area contributed by atoms with Crippen molar-refractivity contribution in [3.63, 3.8) is 0 Å². The Morgan fingerprint density at radius 2 is 0.973 bits per heavy atom. The molecule has 0 saturated heterocycles. The first kappa shape index (κ1) is 59.7. The molecule has 10 N–H and O–H groups in total. The van der Waals surface area contributed by atoms with Crippen LogP contribution >= 0.6 is 24.1 Å². The number of nitrogens with zero attached hydrogens (tertiary/aromatic N) is 8. The molecule has 0 bridgehead atoms. The van der Waals surface area contributed by atoms with E-state index < -0.39 is 47.3 Å². The maximum absolute atomic E-state index is 12.6. The van der Waals surface area contributed by atoms with E-state index in [1.807, 2.05) is 0 Å². The van der Waals surface area contributed by atoms with Gasteiger partial charge in [0.15, 0.2) is 22.9 Å². The molecule has 0 saturated carbocycles. The number of hydrogen-bond donors (Lipinski definition) is 10. The zero-order valence-electron chi connectivity index (χ0n) is 36.8. The molecular formula is C40H34Cu2N8O20S4+2. The molecule has 6 aromatic rings. The summed E-state index contributed by atoms with van der Waals surface area (Å²) in [4.78, 5) is -0.275. The van der Waals surface area contributed by atoms with Crippen LogP contribution in [0.15, 0.2) is 147 Å². The molecule has 0 aliphatic rings. The van der Waals surface area contributed by atoms with Crippen LogP contribution < -0.4 is 9.47 Å². The van der Waals surface area contributed by atoms with E-state index in [1.165, 1.54) is 81.0 Å². The fourth-order valence-electron chi connectivity index (χ4n) is 5.80. The van der Waals surface area contributed by atoms with Crippen molar-refractivity contribution in [3.05, 3.63) is 108 Å². The number of benzene rings is 6. The molecule has 28 nitrogen and oxygen atoms in total. The molecule has 2 radical (unpaired) electrons. The van der Waals surface area contributed by atoms with E-state index in [4.69, 9.17) is 20.0 Å². The summed E-state index contributed by atoms with van der Waals surface area (Å²) in [6.07, 6.45) is 2.58. The normalized spacial score (nSPS) is 12.3. The molecule has 6 rings (SSSR count). The van der Waals surface area contributed by atoms with Crippen molar-refractivity contribution in [2.45, 2.75) is 19.6 Å². The zero-order chi connectivity index (χ0) is 52.3. The molecule has 398 valence electrons. The number of aromatic hydroxyl groups is 4. The number of phenolic OH excluding ortho intramolecular Hbond substituents is 4. The molecular weight excluding hydrogens is 1170 g/mol. The maximum Gasteiger partial charge on any atom is 0.295 e. The standard InChI is InChI=1S/C40H32N8O20S4.2Cu/c1-63-37-20-30(44-42-28-16-26(71(57,58)59)10-12-34(28)50)36(52)17-31(37)45-47(53)23-7-5-21(39(13-23)70-68-66-56)3-4-22-6-8-24(14-40(22)72(60,61)62)48(54)46-32-18-35(51)29(19-38(32)64-2)43-41-27-15-25(69-67-65-55)9-11-33(27)49;;/h3-20,53-54H,1-2H3,(H6,45,46,51,52,55,56,57,58,59,60,61,62);;/p+2/b4-3+;;. The average molecular weight is 1200 g/mol. The van der Waals surface area contributed by atoms with E-state index in [2.05, 4.69) is 49.4 Å². The van der Waals surface area contributed by atoms with Crippen LogP contribution in [0.5, 0.6) is 34.5 Å². The molecule has 0 spiro atoms. The van der Waals surface area contributed by atoms with Gasteiger partial charge in [-0.1, -0.05) is 22.2 Å². The van der Waals surface area contributed by atoms with E-state index in [9.17, 15) is 56.8 Å². The number of azo groups is 4. The van der Waals surface area contributed by atoms with Crippen LogP contribution in [0.2, 0.25) is 0 Å². The van der Waals surface area contributed by atoms with Gasteiger partial charge in [0.25, 0.3) is 31.6 Å². The minimum absolute atomic E-state index is 0. The maximum atomic E-state index is 12.6. The van der Waals surface area contributed by atoms with Gasteiger partial charge in [-0.05, 0) is 59.7 Å². The summed E-state index contributed by atoms with van der Waals surface area (Å²) in [6.45, 7) is 0. The van der Waals surface area contributed by atoms with Gasteiger partial charge >= 0.3 is 0 Å². The van der Waals surface area contributed by atoms with Gasteiger partial charge in [-0.2, -0.15) is 16.8 Å². The smallest absolute Gasteiger partial charge is 0.295 e. The summed E-state index contributed by atoms with van der Waals surface area (Å²) < 4.78 is 87.4. The van der Waals surface area contributed by atoms with Gasteiger partial charge < -0.3 is 29.9 Å². The molecule has 0 amide bonds. The molecule has 0 aromatic heterocycles. The molecule has 6 aromatic carbocycles. The molecule has 0 heterocycles. The van der Waals surface area contributed by atoms with Crippen molar-refractivity contribution >= 4 is 102 Å². The van der Waals surface area contributed by atoms with Gasteiger partial charge in [0, 0.05) is 87.6 Å². The zero-order valence-corrected chi connectivity index (χ0v) is 41.9. The third-order valence-corrected chi connectivity index (χ3v) is 12.2. The van der Waals surface area contributed by atoms with E-state index in [1.54, 1.807) is 0 Å². The van der Waals surface area contributed by atoms with Gasteiger partial charge in [0.1, 0.15) is 60.4 Å². The van der Waals surface area contributed by atoms with Crippen molar-refractivity contribution < 1.29 is 139 Å². The van der Waals surface area contributed by atoms with Crippen LogP contribution in [0.4, 0.5) is 45.5 Å². The Kier molecular flexibility index (Phi) is 21.3. The Morgan fingerprint density at radius 1 is 0.514 bits per heavy atom. The van der Waals surface area contributed by atoms with Crippen LogP contribution in [0.25, 0.3) is 12.2 Å². The topological polar surface area (TPSA) is 406 Å². The SMILES string of the molecule is COc1cc(N=Nc2cc(SOOO)ccc2O)c(O)cc1N=[N+](O)c1ccc(/C=C/c2ccc([N+](O)=Nc3cc(O)c(N=Nc4cc(S(=O)(=O)O)ccc4O)cc3OC)cc2SOOO)c(S(=O)(=O)O)c1.[Cu].[Cu]. The van der Waals surface area contributed by atoms with Crippen LogP contribution in [-0.4, -0.2) is 91.2 Å². The summed E-state index contributed by atoms with van der Waals surface area (Å²) in [5.74, 6) is -2.06. The van der Waals surface area contributed by atoms with Gasteiger partial charge in [0.2, 0.25) is 0 Å². The largest absolute Gasteiger partial charge is 0.506 e. The number of ether oxygens (including phenoxy) is 2. The summed E-state index contributed by atoms with van der Waals surface area (Å²) in [6, 6.07) is 18.3. The molecule has 0 unspecified atom stereocenters. The average Bonchev–Trinajstić information content (AvgIpc) is 3.34. The van der Waals surface area contributed by atoms with Crippen molar-refractivity contribution in [1.82, 2.24) is 0 Å². The fraction of sp³-hybridized carbons (Fsp3) is 0.0500. The molecule has 34 heteroatoms. The summed E-state index contributed by atoms with van der Waals surface area (Å²) in [5, 5.41) is 112. The van der Waals surface area contributed by atoms with Gasteiger partial charge in [-0.15, -0.1) is 29.1 Å². The second-order valence-electron chi connectivity index (χ2n) is 13.7. The predicted molar refractivity (Wildman–Crippen MR) is 244 cm³/mol. The number of hydrogen-bond acceptors (Lipinski definition) is 24. The van der Waals surface area contributed by atoms with Crippen LogP contribution in [-0.2, 0) is 73.1 Å². The molecule has 0 fully saturated rings. The Balaban J connectivity index is 0.00000593. The summed E-state index contributed by atoms with van der Waals surface area (Å²) in [7, 11) is -7.21. The second kappa shape index (κ2) is 26.4. The minimum atomic E-state index is -5.01. The van der Waals surface area contributed by atoms with Crippen molar-refractivity contribution in [2.24, 2.45) is 30.7 Å². The van der Waals surface area contributed by atoms with Gasteiger partial charge in [-0.25, -0.2) is 10.5 Å². The third-order valence-electron chi connectivity index (χ3n) is 9.17. The Morgan fingerprint density at radius 3 is 1.47 bits per heavy atom. The minimum Gasteiger partial charge on any atom is -0.506 e. The molecule has 0 atom stereocenters. The Bertz CT molecular complexity index is 3430. The number of phenols is 4. The summed E-state index contributed by atoms with van der Waals surface area (Å²) in [5.41, 5.74) is -1.51. The predicted octanol–water partition coefficient (Wildman–Crippen LogP) is 10.5. The summed E-state index contributed by atoms with van der Waals surface area (Å²) >= 11 is 1.02. The van der Waals surface area contributed by atoms with Crippen molar-refractivity contribution in [1.29, 1.82) is 0 Å². The first-order valence-corrected chi connectivity index (χ1v) is 23.5. The monoisotopic (exact) mass is 1200 g/mol. The Labute approximate surface area is 445 Å². The van der Waals surface area contributed by atoms with Crippen LogP contribution in [0.3, 0.4) is 0 Å². The van der Waals surface area contributed by atoms with Crippen molar-refractivity contribution in [2.75, 3.05) is 14.2 Å². The first-order chi connectivity index (χ1) is 34.2. The number of rotatable bonds is 20. The first-order valence-electron chi connectivity index (χ1n) is 19.2. The third kappa shape index (κ3) is 15.4. The van der Waals surface area contributed by atoms with E-state index in [0.717, 1.165) is 42.5 Å². The Hall–Kier alpha value is -6.82. The van der Waals surface area contributed by atoms with E-state index >= 15 is 0 Å². The van der Waals surface area contributed by atoms with E-state index in [-0.39, 0.29) is 118 Å². The molecule has 0 aliphatic carbocycles. The van der Waals surface area contributed by atoms with Crippen LogP contribution in [0, 0.1) is 0 Å². The van der Waals surface area contributed by atoms with Crippen LogP contribution in [0.1, 0.15) is 11.1 Å². The quantitative estimate of drug-likeness (QED) is 0.00496. The van der Waals surface area contributed by atoms with E-state index in [0.29, 0.717) is 33.8 Å². The second-order valence-corrected chi connectivity index (χ2v) is 18.0. The van der Waals surface area contributed by atoms with Crippen molar-refractivity contribution in [3.8, 4) is 34.5 Å².